The highest BCUT2D eigenvalue weighted by atomic mass is 16.2. The number of ketones is 1. The molecule has 0 N–H and O–H groups in total. The van der Waals surface area contributed by atoms with Gasteiger partial charge < -0.3 is 4.90 Å². The molecule has 0 bridgehead atoms. The SMILES string of the molecule is CC(C)(C)C1CCN(C(C)(C)C)C(=O)C1=O. The predicted molar refractivity (Wildman–Crippen MR) is 64.0 cm³/mol. The number of likely N-dealkylation sites (tertiary alicyclic amines) is 1. The summed E-state index contributed by atoms with van der Waals surface area (Å²) >= 11 is 0. The lowest BCUT2D eigenvalue weighted by atomic mass is 9.73. The Hall–Kier alpha value is -0.860. The lowest BCUT2D eigenvalue weighted by molar-refractivity contribution is -0.156. The van der Waals surface area contributed by atoms with Crippen molar-refractivity contribution < 1.29 is 9.59 Å². The molecular formula is C13H23NO2. The van der Waals surface area contributed by atoms with Crippen LogP contribution in [0, 0.1) is 11.3 Å². The molecule has 1 aliphatic rings. The maximum atomic E-state index is 12.0. The van der Waals surface area contributed by atoms with Crippen molar-refractivity contribution in [3.63, 3.8) is 0 Å². The van der Waals surface area contributed by atoms with Gasteiger partial charge in [-0.2, -0.15) is 0 Å². The van der Waals surface area contributed by atoms with Crippen molar-refractivity contribution in [2.24, 2.45) is 11.3 Å². The number of carbonyl (C=O) groups is 2. The highest BCUT2D eigenvalue weighted by molar-refractivity contribution is 6.37. The summed E-state index contributed by atoms with van der Waals surface area (Å²) in [6, 6.07) is 0. The smallest absolute Gasteiger partial charge is 0.290 e. The van der Waals surface area contributed by atoms with E-state index >= 15 is 0 Å². The lowest BCUT2D eigenvalue weighted by Gasteiger charge is -2.42. The van der Waals surface area contributed by atoms with Crippen molar-refractivity contribution >= 4 is 11.7 Å². The molecule has 1 heterocycles. The van der Waals surface area contributed by atoms with E-state index in [1.807, 2.05) is 41.5 Å². The van der Waals surface area contributed by atoms with Gasteiger partial charge in [0.25, 0.3) is 5.91 Å². The summed E-state index contributed by atoms with van der Waals surface area (Å²) in [6.07, 6.45) is 0.783. The number of nitrogens with zero attached hydrogens (tertiary/aromatic N) is 1. The Morgan fingerprint density at radius 3 is 1.94 bits per heavy atom. The van der Waals surface area contributed by atoms with Gasteiger partial charge in [-0.25, -0.2) is 0 Å². The van der Waals surface area contributed by atoms with E-state index in [0.717, 1.165) is 6.42 Å². The Morgan fingerprint density at radius 2 is 1.56 bits per heavy atom. The third-order valence-electron chi connectivity index (χ3n) is 3.27. The van der Waals surface area contributed by atoms with Gasteiger partial charge in [0.2, 0.25) is 5.78 Å². The predicted octanol–water partition coefficient (Wildman–Crippen LogP) is 2.25. The number of hydrogen-bond donors (Lipinski definition) is 0. The zero-order valence-corrected chi connectivity index (χ0v) is 11.3. The molecule has 1 aliphatic heterocycles. The largest absolute Gasteiger partial charge is 0.331 e. The maximum absolute atomic E-state index is 12.0. The molecule has 1 fully saturated rings. The molecule has 0 radical (unpaired) electrons. The Kier molecular flexibility index (Phi) is 3.19. The van der Waals surface area contributed by atoms with E-state index in [2.05, 4.69) is 0 Å². The van der Waals surface area contributed by atoms with Gasteiger partial charge in [-0.3, -0.25) is 9.59 Å². The second-order valence-corrected chi connectivity index (χ2v) is 6.70. The minimum Gasteiger partial charge on any atom is -0.331 e. The van der Waals surface area contributed by atoms with Crippen LogP contribution in [0.2, 0.25) is 0 Å². The number of Topliss-reactive ketones (excluding diaryl/α,β-unsaturated/α-hetero) is 1. The van der Waals surface area contributed by atoms with Crippen molar-refractivity contribution in [1.29, 1.82) is 0 Å². The van der Waals surface area contributed by atoms with Crippen LogP contribution < -0.4 is 0 Å². The van der Waals surface area contributed by atoms with Crippen LogP contribution in [0.5, 0.6) is 0 Å². The van der Waals surface area contributed by atoms with Gasteiger partial charge in [-0.05, 0) is 32.6 Å². The zero-order chi connectivity index (χ0) is 12.7. The third kappa shape index (κ3) is 2.45. The first kappa shape index (κ1) is 13.2. The van der Waals surface area contributed by atoms with Crippen LogP contribution in [0.4, 0.5) is 0 Å². The van der Waals surface area contributed by atoms with E-state index in [9.17, 15) is 9.59 Å². The fourth-order valence-corrected chi connectivity index (χ4v) is 2.24. The van der Waals surface area contributed by atoms with Gasteiger partial charge in [0, 0.05) is 18.0 Å². The summed E-state index contributed by atoms with van der Waals surface area (Å²) in [5.74, 6) is -0.647. The summed E-state index contributed by atoms with van der Waals surface area (Å²) in [6.45, 7) is 12.7. The number of hydrogen-bond acceptors (Lipinski definition) is 2. The quantitative estimate of drug-likeness (QED) is 0.593. The van der Waals surface area contributed by atoms with Crippen LogP contribution in [0.15, 0.2) is 0 Å². The Labute approximate surface area is 98.2 Å². The van der Waals surface area contributed by atoms with Crippen molar-refractivity contribution in [2.45, 2.75) is 53.5 Å². The van der Waals surface area contributed by atoms with E-state index < -0.39 is 0 Å². The fourth-order valence-electron chi connectivity index (χ4n) is 2.24. The standard InChI is InChI=1S/C13H23NO2/c1-12(2,3)9-7-8-14(13(4,5)6)11(16)10(9)15/h9H,7-8H2,1-6H3. The van der Waals surface area contributed by atoms with Crippen LogP contribution in [0.25, 0.3) is 0 Å². The first-order valence-electron chi connectivity index (χ1n) is 5.91. The van der Waals surface area contributed by atoms with E-state index in [0.29, 0.717) is 6.54 Å². The molecule has 0 spiro atoms. The summed E-state index contributed by atoms with van der Waals surface area (Å²) in [7, 11) is 0. The van der Waals surface area contributed by atoms with Crippen LogP contribution in [0.3, 0.4) is 0 Å². The topological polar surface area (TPSA) is 37.4 Å². The fraction of sp³-hybridized carbons (Fsp3) is 0.846. The molecule has 16 heavy (non-hydrogen) atoms. The lowest BCUT2D eigenvalue weighted by Crippen LogP contribution is -2.56. The molecule has 1 unspecified atom stereocenters. The monoisotopic (exact) mass is 225 g/mol. The summed E-state index contributed by atoms with van der Waals surface area (Å²) < 4.78 is 0. The van der Waals surface area contributed by atoms with Gasteiger partial charge in [0.05, 0.1) is 0 Å². The summed E-state index contributed by atoms with van der Waals surface area (Å²) in [5.41, 5.74) is -0.369. The molecule has 1 amide bonds. The normalized spacial score (nSPS) is 23.9. The second-order valence-electron chi connectivity index (χ2n) is 6.70. The molecule has 0 aromatic rings. The van der Waals surface area contributed by atoms with Crippen LogP contribution in [-0.2, 0) is 9.59 Å². The molecule has 0 saturated carbocycles. The van der Waals surface area contributed by atoms with Gasteiger partial charge in [-0.1, -0.05) is 20.8 Å². The van der Waals surface area contributed by atoms with Gasteiger partial charge in [-0.15, -0.1) is 0 Å². The average Bonchev–Trinajstić information content (AvgIpc) is 2.05. The number of amides is 1. The van der Waals surface area contributed by atoms with E-state index in [-0.39, 0.29) is 28.6 Å². The van der Waals surface area contributed by atoms with Crippen LogP contribution in [0.1, 0.15) is 48.0 Å². The van der Waals surface area contributed by atoms with Crippen molar-refractivity contribution in [3.05, 3.63) is 0 Å². The Morgan fingerprint density at radius 1 is 1.06 bits per heavy atom. The summed E-state index contributed by atoms with van der Waals surface area (Å²) in [5, 5.41) is 0. The van der Waals surface area contributed by atoms with E-state index in [4.69, 9.17) is 0 Å². The molecular weight excluding hydrogens is 202 g/mol. The van der Waals surface area contributed by atoms with E-state index in [1.165, 1.54) is 0 Å². The molecule has 3 heteroatoms. The molecule has 0 aliphatic carbocycles. The van der Waals surface area contributed by atoms with Gasteiger partial charge >= 0.3 is 0 Å². The van der Waals surface area contributed by atoms with Crippen molar-refractivity contribution in [3.8, 4) is 0 Å². The highest BCUT2D eigenvalue weighted by Crippen LogP contribution is 2.34. The summed E-state index contributed by atoms with van der Waals surface area (Å²) in [4.78, 5) is 25.7. The minimum absolute atomic E-state index is 0.114. The van der Waals surface area contributed by atoms with Gasteiger partial charge in [0.15, 0.2) is 0 Å². The van der Waals surface area contributed by atoms with Crippen LogP contribution in [-0.4, -0.2) is 28.7 Å². The molecule has 0 aromatic carbocycles. The molecule has 3 nitrogen and oxygen atoms in total. The molecule has 0 aromatic heterocycles. The zero-order valence-electron chi connectivity index (χ0n) is 11.3. The van der Waals surface area contributed by atoms with Gasteiger partial charge in [0.1, 0.15) is 0 Å². The minimum atomic E-state index is -0.307. The highest BCUT2D eigenvalue weighted by Gasteiger charge is 2.43. The maximum Gasteiger partial charge on any atom is 0.290 e. The third-order valence-corrected chi connectivity index (χ3v) is 3.27. The first-order chi connectivity index (χ1) is 7.05. The van der Waals surface area contributed by atoms with Crippen molar-refractivity contribution in [2.75, 3.05) is 6.54 Å². The van der Waals surface area contributed by atoms with E-state index in [1.54, 1.807) is 4.90 Å². The number of rotatable bonds is 0. The van der Waals surface area contributed by atoms with Crippen LogP contribution >= 0.6 is 0 Å². The number of piperidine rings is 1. The Bertz CT molecular complexity index is 275. The Balaban J connectivity index is 2.90. The molecule has 1 saturated heterocycles. The number of carbonyl (C=O) groups excluding carboxylic acids is 2. The molecule has 92 valence electrons. The average molecular weight is 225 g/mol. The van der Waals surface area contributed by atoms with Crippen molar-refractivity contribution in [1.82, 2.24) is 4.90 Å². The molecule has 1 atom stereocenters. The first-order valence-corrected chi connectivity index (χ1v) is 5.91. The second kappa shape index (κ2) is 3.86. The molecule has 1 rings (SSSR count).